The lowest BCUT2D eigenvalue weighted by Crippen LogP contribution is -2.34. The fourth-order valence-corrected chi connectivity index (χ4v) is 1.50. The van der Waals surface area contributed by atoms with Crippen LogP contribution < -0.4 is 5.32 Å². The van der Waals surface area contributed by atoms with Crippen molar-refractivity contribution in [1.29, 1.82) is 0 Å². The Labute approximate surface area is 110 Å². The number of nitrogens with one attached hydrogen (secondary N) is 1. The minimum absolute atomic E-state index is 0.235. The highest BCUT2D eigenvalue weighted by Crippen LogP contribution is 2.16. The van der Waals surface area contributed by atoms with Gasteiger partial charge in [-0.1, -0.05) is 6.92 Å². The first kappa shape index (κ1) is 14.6. The molecule has 1 atom stereocenters. The molecule has 0 spiro atoms. The highest BCUT2D eigenvalue weighted by Gasteiger charge is 2.18. The molecule has 0 aromatic heterocycles. The van der Waals surface area contributed by atoms with E-state index in [1.54, 1.807) is 0 Å². The predicted octanol–water partition coefficient (Wildman–Crippen LogP) is 2.27. The van der Waals surface area contributed by atoms with E-state index in [1.807, 2.05) is 6.92 Å². The third kappa shape index (κ3) is 3.78. The molecule has 19 heavy (non-hydrogen) atoms. The zero-order valence-corrected chi connectivity index (χ0v) is 10.4. The standard InChI is InChI=1S/C13H13FN2O3/c1-3-5-9(4-2)15-13(17)11-7-6-10(16(18)19)8-12(11)14/h1,6-9H,4-5H2,2H3,(H,15,17). The molecule has 0 saturated heterocycles. The predicted molar refractivity (Wildman–Crippen MR) is 68.0 cm³/mol. The monoisotopic (exact) mass is 264 g/mol. The topological polar surface area (TPSA) is 72.2 Å². The van der Waals surface area contributed by atoms with Crippen LogP contribution in [0.5, 0.6) is 0 Å². The molecule has 0 aliphatic carbocycles. The summed E-state index contributed by atoms with van der Waals surface area (Å²) in [7, 11) is 0. The van der Waals surface area contributed by atoms with Gasteiger partial charge in [-0.15, -0.1) is 12.3 Å². The van der Waals surface area contributed by atoms with E-state index in [0.717, 1.165) is 18.2 Å². The van der Waals surface area contributed by atoms with Crippen molar-refractivity contribution in [1.82, 2.24) is 5.32 Å². The summed E-state index contributed by atoms with van der Waals surface area (Å²) in [5.41, 5.74) is -0.634. The molecule has 6 heteroatoms. The number of terminal acetylenes is 1. The van der Waals surface area contributed by atoms with Crippen LogP contribution in [0.3, 0.4) is 0 Å². The van der Waals surface area contributed by atoms with Gasteiger partial charge in [0.1, 0.15) is 5.82 Å². The Bertz CT molecular complexity index is 537. The van der Waals surface area contributed by atoms with Crippen LogP contribution in [0.25, 0.3) is 0 Å². The number of rotatable bonds is 5. The largest absolute Gasteiger partial charge is 0.348 e. The van der Waals surface area contributed by atoms with E-state index >= 15 is 0 Å². The molecule has 1 aromatic carbocycles. The molecule has 1 aromatic rings. The van der Waals surface area contributed by atoms with Crippen LogP contribution in [0, 0.1) is 28.3 Å². The number of nitro groups is 1. The molecule has 0 aliphatic heterocycles. The van der Waals surface area contributed by atoms with E-state index in [9.17, 15) is 19.3 Å². The van der Waals surface area contributed by atoms with Gasteiger partial charge in [-0.2, -0.15) is 0 Å². The van der Waals surface area contributed by atoms with Gasteiger partial charge in [0.25, 0.3) is 11.6 Å². The van der Waals surface area contributed by atoms with Crippen molar-refractivity contribution in [3.63, 3.8) is 0 Å². The zero-order valence-electron chi connectivity index (χ0n) is 10.4. The van der Waals surface area contributed by atoms with Gasteiger partial charge in [0, 0.05) is 18.5 Å². The van der Waals surface area contributed by atoms with Crippen molar-refractivity contribution < 1.29 is 14.1 Å². The van der Waals surface area contributed by atoms with E-state index in [4.69, 9.17) is 6.42 Å². The van der Waals surface area contributed by atoms with Crippen molar-refractivity contribution >= 4 is 11.6 Å². The lowest BCUT2D eigenvalue weighted by atomic mass is 10.1. The first-order chi connectivity index (χ1) is 8.99. The maximum Gasteiger partial charge on any atom is 0.272 e. The Balaban J connectivity index is 2.89. The smallest absolute Gasteiger partial charge is 0.272 e. The number of hydrogen-bond donors (Lipinski definition) is 1. The number of amides is 1. The van der Waals surface area contributed by atoms with Crippen LogP contribution in [0.15, 0.2) is 18.2 Å². The molecule has 100 valence electrons. The molecule has 0 bridgehead atoms. The van der Waals surface area contributed by atoms with Crippen molar-refractivity contribution in [3.8, 4) is 12.3 Å². The first-order valence-electron chi connectivity index (χ1n) is 5.67. The summed E-state index contributed by atoms with van der Waals surface area (Å²) in [5, 5.41) is 13.0. The number of nitrogens with zero attached hydrogens (tertiary/aromatic N) is 1. The normalized spacial score (nSPS) is 11.4. The van der Waals surface area contributed by atoms with E-state index < -0.39 is 22.3 Å². The Hall–Kier alpha value is -2.42. The summed E-state index contributed by atoms with van der Waals surface area (Å²) in [4.78, 5) is 21.5. The van der Waals surface area contributed by atoms with Gasteiger partial charge in [0.15, 0.2) is 0 Å². The summed E-state index contributed by atoms with van der Waals surface area (Å²) in [6.07, 6.45) is 6.11. The fraction of sp³-hybridized carbons (Fsp3) is 0.308. The second kappa shape index (κ2) is 6.50. The molecule has 1 unspecified atom stereocenters. The molecule has 0 aliphatic rings. The third-order valence-electron chi connectivity index (χ3n) is 2.60. The molecular formula is C13H13FN2O3. The molecule has 1 amide bonds. The number of carbonyl (C=O) groups excluding carboxylic acids is 1. The van der Waals surface area contributed by atoms with E-state index in [1.165, 1.54) is 0 Å². The second-order valence-electron chi connectivity index (χ2n) is 3.91. The molecule has 5 nitrogen and oxygen atoms in total. The number of non-ortho nitro benzene ring substituents is 1. The fourth-order valence-electron chi connectivity index (χ4n) is 1.50. The van der Waals surface area contributed by atoms with Gasteiger partial charge >= 0.3 is 0 Å². The number of carbonyl (C=O) groups is 1. The first-order valence-corrected chi connectivity index (χ1v) is 5.67. The summed E-state index contributed by atoms with van der Waals surface area (Å²) in [6, 6.07) is 2.65. The van der Waals surface area contributed by atoms with Gasteiger partial charge in [-0.05, 0) is 12.5 Å². The maximum absolute atomic E-state index is 13.6. The minimum atomic E-state index is -0.928. The SMILES string of the molecule is C#CCC(CC)NC(=O)c1ccc([N+](=O)[O-])cc1F. The van der Waals surface area contributed by atoms with Crippen molar-refractivity contribution in [2.45, 2.75) is 25.8 Å². The van der Waals surface area contributed by atoms with Gasteiger partial charge in [0.2, 0.25) is 0 Å². The van der Waals surface area contributed by atoms with Crippen molar-refractivity contribution in [2.75, 3.05) is 0 Å². The van der Waals surface area contributed by atoms with Crippen LogP contribution in [-0.2, 0) is 0 Å². The molecule has 0 heterocycles. The number of halogens is 1. The maximum atomic E-state index is 13.6. The Morgan fingerprint density at radius 1 is 1.63 bits per heavy atom. The molecule has 1 N–H and O–H groups in total. The average molecular weight is 264 g/mol. The molecular weight excluding hydrogens is 251 g/mol. The molecule has 0 fully saturated rings. The highest BCUT2D eigenvalue weighted by molar-refractivity contribution is 5.94. The molecule has 1 rings (SSSR count). The number of benzene rings is 1. The van der Waals surface area contributed by atoms with Crippen molar-refractivity contribution in [2.24, 2.45) is 0 Å². The lowest BCUT2D eigenvalue weighted by molar-refractivity contribution is -0.385. The van der Waals surface area contributed by atoms with E-state index in [0.29, 0.717) is 12.8 Å². The Kier molecular flexibility index (Phi) is 5.01. The van der Waals surface area contributed by atoms with Crippen LogP contribution in [-0.4, -0.2) is 16.9 Å². The Morgan fingerprint density at radius 3 is 2.79 bits per heavy atom. The van der Waals surface area contributed by atoms with E-state index in [-0.39, 0.29) is 11.6 Å². The summed E-state index contributed by atoms with van der Waals surface area (Å²) in [5.74, 6) is 0.858. The second-order valence-corrected chi connectivity index (χ2v) is 3.91. The summed E-state index contributed by atoms with van der Waals surface area (Å²) < 4.78 is 13.6. The van der Waals surface area contributed by atoms with Gasteiger partial charge < -0.3 is 5.32 Å². The van der Waals surface area contributed by atoms with Gasteiger partial charge in [-0.3, -0.25) is 14.9 Å². The van der Waals surface area contributed by atoms with Gasteiger partial charge in [-0.25, -0.2) is 4.39 Å². The van der Waals surface area contributed by atoms with Gasteiger partial charge in [0.05, 0.1) is 16.6 Å². The van der Waals surface area contributed by atoms with Crippen molar-refractivity contribution in [3.05, 3.63) is 39.7 Å². The highest BCUT2D eigenvalue weighted by atomic mass is 19.1. The average Bonchev–Trinajstić information content (AvgIpc) is 2.37. The number of hydrogen-bond acceptors (Lipinski definition) is 3. The van der Waals surface area contributed by atoms with Crippen LogP contribution in [0.4, 0.5) is 10.1 Å². The minimum Gasteiger partial charge on any atom is -0.348 e. The lowest BCUT2D eigenvalue weighted by Gasteiger charge is -2.14. The Morgan fingerprint density at radius 2 is 2.32 bits per heavy atom. The number of nitro benzene ring substituents is 1. The summed E-state index contributed by atoms with van der Waals surface area (Å²) >= 11 is 0. The van der Waals surface area contributed by atoms with Crippen LogP contribution >= 0.6 is 0 Å². The third-order valence-corrected chi connectivity index (χ3v) is 2.60. The summed E-state index contributed by atoms with van der Waals surface area (Å²) in [6.45, 7) is 1.84. The zero-order chi connectivity index (χ0) is 14.4. The van der Waals surface area contributed by atoms with Crippen LogP contribution in [0.1, 0.15) is 30.1 Å². The quantitative estimate of drug-likeness (QED) is 0.503. The van der Waals surface area contributed by atoms with E-state index in [2.05, 4.69) is 11.2 Å². The van der Waals surface area contributed by atoms with Crippen LogP contribution in [0.2, 0.25) is 0 Å². The molecule has 0 radical (unpaired) electrons. The molecule has 0 saturated carbocycles.